The van der Waals surface area contributed by atoms with E-state index in [0.29, 0.717) is 31.1 Å². The van der Waals surface area contributed by atoms with Crippen LogP contribution in [0.25, 0.3) is 0 Å². The first-order valence-corrected chi connectivity index (χ1v) is 8.63. The van der Waals surface area contributed by atoms with Crippen molar-refractivity contribution in [2.75, 3.05) is 26.2 Å². The number of nitriles is 1. The predicted octanol–water partition coefficient (Wildman–Crippen LogP) is 1.60. The fourth-order valence-electron chi connectivity index (χ4n) is 2.55. The van der Waals surface area contributed by atoms with E-state index in [1.165, 1.54) is 4.31 Å². The van der Waals surface area contributed by atoms with Gasteiger partial charge >= 0.3 is 0 Å². The standard InChI is InChI=1S/C15H21N3O2S/c1-3-14(12-16)17-8-10-18(11-9-17)21(19,20)15-6-4-13(2)5-7-15/h4-7,14H,3,8-11H2,1-2H3. The van der Waals surface area contributed by atoms with Crippen LogP contribution in [0.2, 0.25) is 0 Å². The van der Waals surface area contributed by atoms with E-state index in [2.05, 4.69) is 11.0 Å². The largest absolute Gasteiger partial charge is 0.285 e. The van der Waals surface area contributed by atoms with Crippen LogP contribution in [0.1, 0.15) is 18.9 Å². The zero-order valence-electron chi connectivity index (χ0n) is 12.5. The van der Waals surface area contributed by atoms with Crippen molar-refractivity contribution < 1.29 is 8.42 Å². The Hall–Kier alpha value is -1.42. The van der Waals surface area contributed by atoms with Crippen molar-refractivity contribution in [3.63, 3.8) is 0 Å². The van der Waals surface area contributed by atoms with Crippen molar-refractivity contribution in [3.05, 3.63) is 29.8 Å². The fraction of sp³-hybridized carbons (Fsp3) is 0.533. The molecule has 0 N–H and O–H groups in total. The first kappa shape index (κ1) is 16.0. The summed E-state index contributed by atoms with van der Waals surface area (Å²) in [6.45, 7) is 6.00. The second-order valence-electron chi connectivity index (χ2n) is 5.31. The van der Waals surface area contributed by atoms with Gasteiger partial charge in [-0.25, -0.2) is 8.42 Å². The maximum atomic E-state index is 12.6. The van der Waals surface area contributed by atoms with Crippen molar-refractivity contribution in [2.45, 2.75) is 31.2 Å². The summed E-state index contributed by atoms with van der Waals surface area (Å²) in [6.07, 6.45) is 0.765. The van der Waals surface area contributed by atoms with Crippen LogP contribution in [0.4, 0.5) is 0 Å². The molecule has 114 valence electrons. The molecule has 1 aliphatic heterocycles. The van der Waals surface area contributed by atoms with Gasteiger partial charge in [0.2, 0.25) is 10.0 Å². The molecule has 1 aliphatic rings. The van der Waals surface area contributed by atoms with Gasteiger partial charge in [-0.3, -0.25) is 4.90 Å². The van der Waals surface area contributed by atoms with E-state index in [0.717, 1.165) is 12.0 Å². The molecule has 1 heterocycles. The van der Waals surface area contributed by atoms with Gasteiger partial charge in [0.05, 0.1) is 17.0 Å². The molecule has 1 aromatic carbocycles. The van der Waals surface area contributed by atoms with E-state index in [1.54, 1.807) is 12.1 Å². The highest BCUT2D eigenvalue weighted by atomic mass is 32.2. The summed E-state index contributed by atoms with van der Waals surface area (Å²) in [6, 6.07) is 9.09. The normalized spacial score (nSPS) is 19.1. The van der Waals surface area contributed by atoms with Crippen molar-refractivity contribution in [1.82, 2.24) is 9.21 Å². The third-order valence-electron chi connectivity index (χ3n) is 3.91. The summed E-state index contributed by atoms with van der Waals surface area (Å²) in [7, 11) is -3.42. The molecule has 1 aromatic rings. The minimum Gasteiger partial charge on any atom is -0.285 e. The molecule has 2 rings (SSSR count). The average molecular weight is 307 g/mol. The Kier molecular flexibility index (Phi) is 4.99. The topological polar surface area (TPSA) is 64.4 Å². The highest BCUT2D eigenvalue weighted by molar-refractivity contribution is 7.89. The smallest absolute Gasteiger partial charge is 0.243 e. The van der Waals surface area contributed by atoms with Crippen molar-refractivity contribution >= 4 is 10.0 Å². The first-order valence-electron chi connectivity index (χ1n) is 7.19. The van der Waals surface area contributed by atoms with Gasteiger partial charge in [0.25, 0.3) is 0 Å². The molecule has 1 unspecified atom stereocenters. The van der Waals surface area contributed by atoms with Gasteiger partial charge in [-0.1, -0.05) is 24.6 Å². The average Bonchev–Trinajstić information content (AvgIpc) is 2.49. The lowest BCUT2D eigenvalue weighted by atomic mass is 10.2. The molecular weight excluding hydrogens is 286 g/mol. The van der Waals surface area contributed by atoms with E-state index in [-0.39, 0.29) is 6.04 Å². The Morgan fingerprint density at radius 1 is 1.19 bits per heavy atom. The zero-order chi connectivity index (χ0) is 15.5. The molecular formula is C15H21N3O2S. The van der Waals surface area contributed by atoms with Gasteiger partial charge in [0, 0.05) is 26.2 Å². The third kappa shape index (κ3) is 3.43. The molecule has 0 spiro atoms. The molecule has 0 bridgehead atoms. The maximum absolute atomic E-state index is 12.6. The number of hydrogen-bond donors (Lipinski definition) is 0. The highest BCUT2D eigenvalue weighted by Gasteiger charge is 2.30. The van der Waals surface area contributed by atoms with E-state index in [4.69, 9.17) is 5.26 Å². The van der Waals surface area contributed by atoms with Crippen LogP contribution in [0.5, 0.6) is 0 Å². The number of nitrogens with zero attached hydrogens (tertiary/aromatic N) is 3. The monoisotopic (exact) mass is 307 g/mol. The van der Waals surface area contributed by atoms with Gasteiger partial charge in [0.1, 0.15) is 0 Å². The number of benzene rings is 1. The summed E-state index contributed by atoms with van der Waals surface area (Å²) >= 11 is 0. The number of piperazine rings is 1. The summed E-state index contributed by atoms with van der Waals surface area (Å²) in [5.74, 6) is 0. The lowest BCUT2D eigenvalue weighted by Crippen LogP contribution is -2.51. The Labute approximate surface area is 126 Å². The summed E-state index contributed by atoms with van der Waals surface area (Å²) in [5.41, 5.74) is 1.04. The van der Waals surface area contributed by atoms with Crippen molar-refractivity contribution in [2.24, 2.45) is 0 Å². The van der Waals surface area contributed by atoms with E-state index in [9.17, 15) is 8.42 Å². The number of aryl methyl sites for hydroxylation is 1. The van der Waals surface area contributed by atoms with Gasteiger partial charge in [0.15, 0.2) is 0 Å². The van der Waals surface area contributed by atoms with Gasteiger partial charge in [-0.2, -0.15) is 9.57 Å². The quantitative estimate of drug-likeness (QED) is 0.847. The molecule has 1 saturated heterocycles. The van der Waals surface area contributed by atoms with Crippen LogP contribution < -0.4 is 0 Å². The minimum atomic E-state index is -3.42. The predicted molar refractivity (Wildman–Crippen MR) is 81.2 cm³/mol. The van der Waals surface area contributed by atoms with Gasteiger partial charge in [-0.05, 0) is 25.5 Å². The SMILES string of the molecule is CCC(C#N)N1CCN(S(=O)(=O)c2ccc(C)cc2)CC1. The maximum Gasteiger partial charge on any atom is 0.243 e. The molecule has 0 radical (unpaired) electrons. The number of hydrogen-bond acceptors (Lipinski definition) is 4. The zero-order valence-corrected chi connectivity index (χ0v) is 13.3. The van der Waals surface area contributed by atoms with Gasteiger partial charge in [-0.15, -0.1) is 0 Å². The van der Waals surface area contributed by atoms with E-state index < -0.39 is 10.0 Å². The highest BCUT2D eigenvalue weighted by Crippen LogP contribution is 2.19. The lowest BCUT2D eigenvalue weighted by molar-refractivity contribution is 0.159. The second kappa shape index (κ2) is 6.56. The lowest BCUT2D eigenvalue weighted by Gasteiger charge is -2.35. The van der Waals surface area contributed by atoms with Crippen molar-refractivity contribution in [1.29, 1.82) is 5.26 Å². The second-order valence-corrected chi connectivity index (χ2v) is 7.24. The number of rotatable bonds is 4. The molecule has 0 saturated carbocycles. The Bertz CT molecular complexity index is 611. The van der Waals surface area contributed by atoms with Crippen LogP contribution in [0.3, 0.4) is 0 Å². The van der Waals surface area contributed by atoms with Crippen LogP contribution in [0.15, 0.2) is 29.2 Å². The summed E-state index contributed by atoms with van der Waals surface area (Å²) in [4.78, 5) is 2.40. The van der Waals surface area contributed by atoms with Crippen LogP contribution in [-0.2, 0) is 10.0 Å². The third-order valence-corrected chi connectivity index (χ3v) is 5.82. The molecule has 21 heavy (non-hydrogen) atoms. The summed E-state index contributed by atoms with van der Waals surface area (Å²) in [5, 5.41) is 9.08. The Balaban J connectivity index is 2.08. The van der Waals surface area contributed by atoms with Crippen LogP contribution in [0, 0.1) is 18.3 Å². The Morgan fingerprint density at radius 2 is 1.76 bits per heavy atom. The molecule has 0 aromatic heterocycles. The molecule has 0 aliphatic carbocycles. The fourth-order valence-corrected chi connectivity index (χ4v) is 3.97. The number of sulfonamides is 1. The molecule has 0 amide bonds. The Morgan fingerprint density at radius 3 is 2.24 bits per heavy atom. The van der Waals surface area contributed by atoms with Gasteiger partial charge < -0.3 is 0 Å². The minimum absolute atomic E-state index is 0.116. The van der Waals surface area contributed by atoms with Crippen LogP contribution in [-0.4, -0.2) is 49.8 Å². The van der Waals surface area contributed by atoms with E-state index in [1.807, 2.05) is 26.0 Å². The first-order chi connectivity index (χ1) is 9.98. The van der Waals surface area contributed by atoms with E-state index >= 15 is 0 Å². The molecule has 5 nitrogen and oxygen atoms in total. The van der Waals surface area contributed by atoms with Crippen molar-refractivity contribution in [3.8, 4) is 6.07 Å². The molecule has 6 heteroatoms. The summed E-state index contributed by atoms with van der Waals surface area (Å²) < 4.78 is 26.6. The molecule has 1 fully saturated rings. The molecule has 1 atom stereocenters. The van der Waals surface area contributed by atoms with Crippen LogP contribution >= 0.6 is 0 Å².